The predicted molar refractivity (Wildman–Crippen MR) is 98.5 cm³/mol. The van der Waals surface area contributed by atoms with Crippen LogP contribution < -0.4 is 0 Å². The Bertz CT molecular complexity index is 761. The molecule has 2 fully saturated rings. The molecule has 1 aliphatic heterocycles. The van der Waals surface area contributed by atoms with E-state index in [1.54, 1.807) is 0 Å². The molecule has 4 rings (SSSR count). The standard InChI is InChI=1S/C20H27N3O2/c1-14-4-2-5-16-20(14)15(13-21-16)12-19(25)23-10-8-22(9-11-23)17-6-3-7-18(17)24/h2,4-5,13,17-18,21,24H,3,6-12H2,1H3/t17-,18-/m1/s1. The predicted octanol–water partition coefficient (Wildman–Crippen LogP) is 2.08. The third-order valence-corrected chi connectivity index (χ3v) is 5.92. The third-order valence-electron chi connectivity index (χ3n) is 5.92. The average Bonchev–Trinajstić information content (AvgIpc) is 3.22. The molecule has 1 saturated heterocycles. The molecule has 25 heavy (non-hydrogen) atoms. The van der Waals surface area contributed by atoms with E-state index in [2.05, 4.69) is 28.9 Å². The Hall–Kier alpha value is -1.85. The van der Waals surface area contributed by atoms with Gasteiger partial charge in [0.05, 0.1) is 12.5 Å². The number of aromatic nitrogens is 1. The zero-order valence-corrected chi connectivity index (χ0v) is 14.9. The molecule has 1 aromatic carbocycles. The van der Waals surface area contributed by atoms with E-state index < -0.39 is 0 Å². The number of aliphatic hydroxyl groups is 1. The fraction of sp³-hybridized carbons (Fsp3) is 0.550. The maximum Gasteiger partial charge on any atom is 0.227 e. The molecule has 5 heteroatoms. The summed E-state index contributed by atoms with van der Waals surface area (Å²) < 4.78 is 0. The summed E-state index contributed by atoms with van der Waals surface area (Å²) >= 11 is 0. The van der Waals surface area contributed by atoms with Crippen LogP contribution in [-0.4, -0.2) is 64.1 Å². The Balaban J connectivity index is 1.39. The van der Waals surface area contributed by atoms with E-state index in [0.717, 1.165) is 56.5 Å². The Morgan fingerprint density at radius 3 is 2.76 bits per heavy atom. The first-order valence-electron chi connectivity index (χ1n) is 9.39. The lowest BCUT2D eigenvalue weighted by molar-refractivity contribution is -0.132. The Morgan fingerprint density at radius 1 is 1.24 bits per heavy atom. The monoisotopic (exact) mass is 341 g/mol. The fourth-order valence-electron chi connectivity index (χ4n) is 4.52. The van der Waals surface area contributed by atoms with E-state index in [1.807, 2.05) is 17.2 Å². The molecule has 2 aliphatic rings. The van der Waals surface area contributed by atoms with Gasteiger partial charge in [-0.1, -0.05) is 12.1 Å². The molecule has 0 unspecified atom stereocenters. The molecule has 0 spiro atoms. The number of aliphatic hydroxyl groups excluding tert-OH is 1. The number of carbonyl (C=O) groups is 1. The number of nitrogens with zero attached hydrogens (tertiary/aromatic N) is 2. The zero-order chi connectivity index (χ0) is 17.4. The summed E-state index contributed by atoms with van der Waals surface area (Å²) in [5.41, 5.74) is 3.40. The number of nitrogens with one attached hydrogen (secondary N) is 1. The summed E-state index contributed by atoms with van der Waals surface area (Å²) in [6.45, 7) is 5.38. The first-order chi connectivity index (χ1) is 12.1. The maximum absolute atomic E-state index is 12.8. The van der Waals surface area contributed by atoms with Crippen LogP contribution in [0.5, 0.6) is 0 Å². The van der Waals surface area contributed by atoms with Gasteiger partial charge >= 0.3 is 0 Å². The molecule has 5 nitrogen and oxygen atoms in total. The molecular weight excluding hydrogens is 314 g/mol. The number of amides is 1. The van der Waals surface area contributed by atoms with Gasteiger partial charge in [-0.15, -0.1) is 0 Å². The van der Waals surface area contributed by atoms with Gasteiger partial charge in [-0.25, -0.2) is 0 Å². The molecular formula is C20H27N3O2. The summed E-state index contributed by atoms with van der Waals surface area (Å²) in [7, 11) is 0. The maximum atomic E-state index is 12.8. The van der Waals surface area contributed by atoms with Gasteiger partial charge in [0.2, 0.25) is 5.91 Å². The largest absolute Gasteiger partial charge is 0.391 e. The SMILES string of the molecule is Cc1cccc2[nH]cc(CC(=O)N3CCN([C@@H]4CCC[C@H]4O)CC3)c12. The minimum absolute atomic E-state index is 0.184. The smallest absolute Gasteiger partial charge is 0.227 e. The second-order valence-electron chi connectivity index (χ2n) is 7.47. The lowest BCUT2D eigenvalue weighted by atomic mass is 10.0. The van der Waals surface area contributed by atoms with Crippen LogP contribution in [0, 0.1) is 6.92 Å². The van der Waals surface area contributed by atoms with Gasteiger partial charge in [0.1, 0.15) is 0 Å². The van der Waals surface area contributed by atoms with E-state index in [9.17, 15) is 9.90 Å². The fourth-order valence-corrected chi connectivity index (χ4v) is 4.52. The van der Waals surface area contributed by atoms with Crippen molar-refractivity contribution in [2.24, 2.45) is 0 Å². The number of rotatable bonds is 3. The van der Waals surface area contributed by atoms with Crippen molar-refractivity contribution in [1.29, 1.82) is 0 Å². The van der Waals surface area contributed by atoms with Gasteiger partial charge in [-0.2, -0.15) is 0 Å². The van der Waals surface area contributed by atoms with Crippen molar-refractivity contribution < 1.29 is 9.90 Å². The number of piperazine rings is 1. The van der Waals surface area contributed by atoms with Gasteiger partial charge < -0.3 is 15.0 Å². The molecule has 2 atom stereocenters. The van der Waals surface area contributed by atoms with Crippen LogP contribution in [0.2, 0.25) is 0 Å². The van der Waals surface area contributed by atoms with Gasteiger partial charge in [0.25, 0.3) is 0 Å². The lowest BCUT2D eigenvalue weighted by Gasteiger charge is -2.39. The molecule has 0 bridgehead atoms. The highest BCUT2D eigenvalue weighted by molar-refractivity contribution is 5.91. The summed E-state index contributed by atoms with van der Waals surface area (Å²) in [4.78, 5) is 20.4. The van der Waals surface area contributed by atoms with E-state index >= 15 is 0 Å². The van der Waals surface area contributed by atoms with Crippen LogP contribution in [0.15, 0.2) is 24.4 Å². The van der Waals surface area contributed by atoms with Crippen LogP contribution in [0.3, 0.4) is 0 Å². The minimum atomic E-state index is -0.184. The molecule has 2 aromatic rings. The molecule has 1 amide bonds. The average molecular weight is 341 g/mol. The highest BCUT2D eigenvalue weighted by Gasteiger charge is 2.33. The highest BCUT2D eigenvalue weighted by atomic mass is 16.3. The van der Waals surface area contributed by atoms with Crippen molar-refractivity contribution in [1.82, 2.24) is 14.8 Å². The number of aromatic amines is 1. The number of hydrogen-bond acceptors (Lipinski definition) is 3. The molecule has 1 aliphatic carbocycles. The number of benzene rings is 1. The van der Waals surface area contributed by atoms with Crippen molar-refractivity contribution >= 4 is 16.8 Å². The summed E-state index contributed by atoms with van der Waals surface area (Å²) in [5, 5.41) is 11.3. The molecule has 1 saturated carbocycles. The van der Waals surface area contributed by atoms with Crippen molar-refractivity contribution in [2.75, 3.05) is 26.2 Å². The van der Waals surface area contributed by atoms with E-state index in [-0.39, 0.29) is 12.0 Å². The first-order valence-corrected chi connectivity index (χ1v) is 9.39. The number of H-pyrrole nitrogens is 1. The van der Waals surface area contributed by atoms with Crippen molar-refractivity contribution in [3.63, 3.8) is 0 Å². The topological polar surface area (TPSA) is 59.6 Å². The second kappa shape index (κ2) is 6.81. The lowest BCUT2D eigenvalue weighted by Crippen LogP contribution is -2.53. The van der Waals surface area contributed by atoms with Crippen molar-refractivity contribution in [3.8, 4) is 0 Å². The molecule has 134 valence electrons. The number of hydrogen-bond donors (Lipinski definition) is 2. The molecule has 2 N–H and O–H groups in total. The third kappa shape index (κ3) is 3.18. The van der Waals surface area contributed by atoms with E-state index in [0.29, 0.717) is 12.5 Å². The van der Waals surface area contributed by atoms with Crippen molar-refractivity contribution in [2.45, 2.75) is 44.8 Å². The Morgan fingerprint density at radius 2 is 2.04 bits per heavy atom. The molecule has 1 aromatic heterocycles. The summed E-state index contributed by atoms with van der Waals surface area (Å²) in [5.74, 6) is 0.204. The van der Waals surface area contributed by atoms with Gasteiger partial charge in [0.15, 0.2) is 0 Å². The number of aryl methyl sites for hydroxylation is 1. The Kier molecular flexibility index (Phi) is 4.52. The number of carbonyl (C=O) groups excluding carboxylic acids is 1. The van der Waals surface area contributed by atoms with Crippen LogP contribution in [0.1, 0.15) is 30.4 Å². The first kappa shape index (κ1) is 16.6. The van der Waals surface area contributed by atoms with Crippen molar-refractivity contribution in [3.05, 3.63) is 35.5 Å². The zero-order valence-electron chi connectivity index (χ0n) is 14.9. The second-order valence-corrected chi connectivity index (χ2v) is 7.47. The summed E-state index contributed by atoms with van der Waals surface area (Å²) in [6, 6.07) is 6.49. The van der Waals surface area contributed by atoms with Crippen LogP contribution in [-0.2, 0) is 11.2 Å². The molecule has 0 radical (unpaired) electrons. The summed E-state index contributed by atoms with van der Waals surface area (Å²) in [6.07, 6.45) is 5.37. The normalized spacial score (nSPS) is 25.0. The highest BCUT2D eigenvalue weighted by Crippen LogP contribution is 2.26. The number of fused-ring (bicyclic) bond motifs is 1. The van der Waals surface area contributed by atoms with E-state index in [1.165, 1.54) is 10.9 Å². The van der Waals surface area contributed by atoms with Crippen LogP contribution in [0.4, 0.5) is 0 Å². The quantitative estimate of drug-likeness (QED) is 0.899. The minimum Gasteiger partial charge on any atom is -0.391 e. The van der Waals surface area contributed by atoms with Crippen LogP contribution in [0.25, 0.3) is 10.9 Å². The Labute approximate surface area is 148 Å². The van der Waals surface area contributed by atoms with E-state index in [4.69, 9.17) is 0 Å². The van der Waals surface area contributed by atoms with Gasteiger partial charge in [-0.3, -0.25) is 9.69 Å². The molecule has 2 heterocycles. The van der Waals surface area contributed by atoms with Crippen LogP contribution >= 0.6 is 0 Å². The van der Waals surface area contributed by atoms with Gasteiger partial charge in [0, 0.05) is 49.3 Å². The van der Waals surface area contributed by atoms with Gasteiger partial charge in [-0.05, 0) is 43.4 Å².